The van der Waals surface area contributed by atoms with Crippen LogP contribution in [-0.4, -0.2) is 37.2 Å². The van der Waals surface area contributed by atoms with Crippen molar-refractivity contribution in [3.63, 3.8) is 0 Å². The summed E-state index contributed by atoms with van der Waals surface area (Å²) in [6.07, 6.45) is 2.82. The van der Waals surface area contributed by atoms with Gasteiger partial charge in [0.1, 0.15) is 5.76 Å². The summed E-state index contributed by atoms with van der Waals surface area (Å²) in [5, 5.41) is 4.49. The van der Waals surface area contributed by atoms with Gasteiger partial charge in [-0.3, -0.25) is 0 Å². The Morgan fingerprint density at radius 3 is 3.00 bits per heavy atom. The van der Waals surface area contributed by atoms with E-state index in [4.69, 9.17) is 20.8 Å². The van der Waals surface area contributed by atoms with Crippen LogP contribution in [0.3, 0.4) is 0 Å². The van der Waals surface area contributed by atoms with Crippen LogP contribution in [-0.2, 0) is 11.2 Å². The average molecular weight is 351 g/mol. The first-order valence-electron chi connectivity index (χ1n) is 8.33. The fourth-order valence-electron chi connectivity index (χ4n) is 3.27. The van der Waals surface area contributed by atoms with Gasteiger partial charge in [-0.1, -0.05) is 18.5 Å². The molecule has 5 nitrogen and oxygen atoms in total. The number of likely N-dealkylation sites (tertiary alicyclic amines) is 1. The van der Waals surface area contributed by atoms with Crippen molar-refractivity contribution in [3.05, 3.63) is 28.5 Å². The van der Waals surface area contributed by atoms with Crippen molar-refractivity contribution in [2.45, 2.75) is 39.2 Å². The van der Waals surface area contributed by atoms with E-state index in [9.17, 15) is 4.79 Å². The number of nitrogens with zero attached hydrogens (tertiary/aromatic N) is 1. The first-order valence-corrected chi connectivity index (χ1v) is 8.71. The van der Waals surface area contributed by atoms with Gasteiger partial charge >= 0.3 is 6.03 Å². The number of piperidine rings is 1. The Balaban J connectivity index is 1.88. The van der Waals surface area contributed by atoms with Crippen LogP contribution in [0.5, 0.6) is 0 Å². The Morgan fingerprint density at radius 1 is 1.50 bits per heavy atom. The molecule has 0 spiro atoms. The minimum absolute atomic E-state index is 0.0985. The van der Waals surface area contributed by atoms with Gasteiger partial charge in [0.05, 0.1) is 11.8 Å². The highest BCUT2D eigenvalue weighted by molar-refractivity contribution is 6.32. The van der Waals surface area contributed by atoms with Gasteiger partial charge < -0.3 is 19.4 Å². The zero-order valence-electron chi connectivity index (χ0n) is 14.3. The van der Waals surface area contributed by atoms with E-state index in [0.717, 1.165) is 42.5 Å². The summed E-state index contributed by atoms with van der Waals surface area (Å²) in [6.45, 7) is 5.39. The summed E-state index contributed by atoms with van der Waals surface area (Å²) in [7, 11) is 1.69. The fourth-order valence-corrected chi connectivity index (χ4v) is 3.49. The molecule has 3 rings (SSSR count). The molecule has 1 aromatic carbocycles. The van der Waals surface area contributed by atoms with Gasteiger partial charge in [0.15, 0.2) is 5.58 Å². The zero-order chi connectivity index (χ0) is 17.3. The van der Waals surface area contributed by atoms with Crippen LogP contribution in [0.15, 0.2) is 16.5 Å². The molecule has 0 unspecified atom stereocenters. The number of benzene rings is 1. The first kappa shape index (κ1) is 17.1. The molecule has 24 heavy (non-hydrogen) atoms. The van der Waals surface area contributed by atoms with Crippen LogP contribution in [0.25, 0.3) is 11.0 Å². The maximum atomic E-state index is 12.6. The van der Waals surface area contributed by atoms with Gasteiger partial charge in [0, 0.05) is 37.0 Å². The second-order valence-corrected chi connectivity index (χ2v) is 6.65. The van der Waals surface area contributed by atoms with Crippen LogP contribution >= 0.6 is 11.6 Å². The molecule has 1 fully saturated rings. The maximum absolute atomic E-state index is 12.6. The van der Waals surface area contributed by atoms with Crippen molar-refractivity contribution in [2.75, 3.05) is 25.5 Å². The number of anilines is 1. The number of urea groups is 1. The summed E-state index contributed by atoms with van der Waals surface area (Å²) in [6, 6.07) is 3.47. The van der Waals surface area contributed by atoms with E-state index in [1.54, 1.807) is 18.1 Å². The number of furan rings is 1. The van der Waals surface area contributed by atoms with Crippen LogP contribution in [0.4, 0.5) is 10.5 Å². The average Bonchev–Trinajstić information content (AvgIpc) is 2.91. The third-order valence-electron chi connectivity index (χ3n) is 4.66. The van der Waals surface area contributed by atoms with Gasteiger partial charge in [-0.15, -0.1) is 0 Å². The van der Waals surface area contributed by atoms with E-state index in [1.807, 2.05) is 19.9 Å². The summed E-state index contributed by atoms with van der Waals surface area (Å²) in [5.41, 5.74) is 2.37. The van der Waals surface area contributed by atoms with Gasteiger partial charge in [0.25, 0.3) is 0 Å². The van der Waals surface area contributed by atoms with E-state index < -0.39 is 0 Å². The number of hydrogen-bond donors (Lipinski definition) is 1. The third kappa shape index (κ3) is 3.23. The number of methoxy groups -OCH3 is 1. The number of nitrogens with one attached hydrogen (secondary N) is 1. The van der Waals surface area contributed by atoms with E-state index >= 15 is 0 Å². The van der Waals surface area contributed by atoms with Crippen molar-refractivity contribution in [1.29, 1.82) is 0 Å². The SMILES string of the molecule is CCc1oc2c(NC(=O)N3CCC[C@H](OC)C3)cc(Cl)cc2c1C. The fraction of sp³-hybridized carbons (Fsp3) is 0.500. The highest BCUT2D eigenvalue weighted by atomic mass is 35.5. The van der Waals surface area contributed by atoms with E-state index in [2.05, 4.69) is 5.32 Å². The van der Waals surface area contributed by atoms with Crippen LogP contribution in [0.1, 0.15) is 31.1 Å². The number of halogens is 1. The summed E-state index contributed by atoms with van der Waals surface area (Å²) in [4.78, 5) is 14.4. The molecule has 6 heteroatoms. The number of aryl methyl sites for hydroxylation is 2. The molecule has 0 aliphatic carbocycles. The minimum atomic E-state index is -0.146. The summed E-state index contributed by atoms with van der Waals surface area (Å²) < 4.78 is 11.3. The van der Waals surface area contributed by atoms with E-state index in [-0.39, 0.29) is 12.1 Å². The molecule has 1 N–H and O–H groups in total. The van der Waals surface area contributed by atoms with Gasteiger partial charge in [-0.05, 0) is 37.5 Å². The smallest absolute Gasteiger partial charge is 0.322 e. The maximum Gasteiger partial charge on any atom is 0.322 e. The largest absolute Gasteiger partial charge is 0.459 e. The van der Waals surface area contributed by atoms with E-state index in [0.29, 0.717) is 22.8 Å². The van der Waals surface area contributed by atoms with Crippen LogP contribution in [0.2, 0.25) is 5.02 Å². The Kier molecular flexibility index (Phi) is 5.01. The van der Waals surface area contributed by atoms with Crippen molar-refractivity contribution in [1.82, 2.24) is 4.90 Å². The van der Waals surface area contributed by atoms with E-state index in [1.165, 1.54) is 0 Å². The number of fused-ring (bicyclic) bond motifs is 1. The second kappa shape index (κ2) is 7.03. The van der Waals surface area contributed by atoms with Crippen molar-refractivity contribution >= 4 is 34.3 Å². The molecule has 0 bridgehead atoms. The summed E-state index contributed by atoms with van der Waals surface area (Å²) >= 11 is 6.24. The second-order valence-electron chi connectivity index (χ2n) is 6.21. The number of amides is 2. The minimum Gasteiger partial charge on any atom is -0.459 e. The lowest BCUT2D eigenvalue weighted by Gasteiger charge is -2.31. The van der Waals surface area contributed by atoms with Crippen molar-refractivity contribution < 1.29 is 13.9 Å². The monoisotopic (exact) mass is 350 g/mol. The number of carbonyl (C=O) groups is 1. The van der Waals surface area contributed by atoms with Crippen LogP contribution < -0.4 is 5.32 Å². The first-order chi connectivity index (χ1) is 11.5. The highest BCUT2D eigenvalue weighted by Gasteiger charge is 2.24. The van der Waals surface area contributed by atoms with Crippen molar-refractivity contribution in [2.24, 2.45) is 0 Å². The molecule has 130 valence electrons. The van der Waals surface area contributed by atoms with Gasteiger partial charge in [-0.2, -0.15) is 0 Å². The molecular weight excluding hydrogens is 328 g/mol. The molecule has 0 saturated carbocycles. The summed E-state index contributed by atoms with van der Waals surface area (Å²) in [5.74, 6) is 0.917. The lowest BCUT2D eigenvalue weighted by Crippen LogP contribution is -2.44. The standard InChI is InChI=1S/C18H23ClN2O3/c1-4-16-11(2)14-8-12(19)9-15(17(14)24-16)20-18(22)21-7-5-6-13(10-21)23-3/h8-9,13H,4-7,10H2,1-3H3,(H,20,22)/t13-/m0/s1. The molecule has 1 saturated heterocycles. The molecule has 1 aliphatic rings. The molecule has 1 atom stereocenters. The van der Waals surface area contributed by atoms with Crippen LogP contribution in [0, 0.1) is 6.92 Å². The van der Waals surface area contributed by atoms with Gasteiger partial charge in [-0.25, -0.2) is 4.79 Å². The molecule has 1 aromatic heterocycles. The zero-order valence-corrected chi connectivity index (χ0v) is 15.1. The topological polar surface area (TPSA) is 54.7 Å². The molecule has 1 aliphatic heterocycles. The number of hydrogen-bond acceptors (Lipinski definition) is 3. The Bertz CT molecular complexity index is 756. The Morgan fingerprint density at radius 2 is 2.29 bits per heavy atom. The number of ether oxygens (including phenoxy) is 1. The lowest BCUT2D eigenvalue weighted by atomic mass is 10.1. The molecular formula is C18H23ClN2O3. The predicted molar refractivity (Wildman–Crippen MR) is 96.0 cm³/mol. The molecule has 2 amide bonds. The third-order valence-corrected chi connectivity index (χ3v) is 4.88. The highest BCUT2D eigenvalue weighted by Crippen LogP contribution is 2.34. The van der Waals surface area contributed by atoms with Gasteiger partial charge in [0.2, 0.25) is 0 Å². The van der Waals surface area contributed by atoms with Crippen molar-refractivity contribution in [3.8, 4) is 0 Å². The molecule has 2 heterocycles. The predicted octanol–water partition coefficient (Wildman–Crippen LogP) is 4.60. The quantitative estimate of drug-likeness (QED) is 0.880. The molecule has 2 aromatic rings. The Labute approximate surface area is 146 Å². The Hall–Kier alpha value is -1.72. The molecule has 0 radical (unpaired) electrons. The normalized spacial score (nSPS) is 18.2. The lowest BCUT2D eigenvalue weighted by molar-refractivity contribution is 0.0458. The number of rotatable bonds is 3. The number of carbonyl (C=O) groups excluding carboxylic acids is 1.